The molecule has 0 radical (unpaired) electrons. The van der Waals surface area contributed by atoms with E-state index in [4.69, 9.17) is 11.6 Å². The molecule has 0 aliphatic carbocycles. The number of rotatable bonds is 4. The lowest BCUT2D eigenvalue weighted by Crippen LogP contribution is -2.22. The van der Waals surface area contributed by atoms with Gasteiger partial charge in [0.05, 0.1) is 12.2 Å². The van der Waals surface area contributed by atoms with Crippen molar-refractivity contribution in [1.29, 1.82) is 0 Å². The van der Waals surface area contributed by atoms with E-state index in [1.54, 1.807) is 12.1 Å². The van der Waals surface area contributed by atoms with E-state index in [2.05, 4.69) is 26.6 Å². The van der Waals surface area contributed by atoms with Crippen LogP contribution in [0.4, 0.5) is 15.8 Å². The van der Waals surface area contributed by atoms with Gasteiger partial charge >= 0.3 is 0 Å². The summed E-state index contributed by atoms with van der Waals surface area (Å²) in [6, 6.07) is 9.80. The summed E-state index contributed by atoms with van der Waals surface area (Å²) in [5, 5.41) is 5.82. The molecule has 2 N–H and O–H groups in total. The predicted octanol–water partition coefficient (Wildman–Crippen LogP) is 4.60. The van der Waals surface area contributed by atoms with Gasteiger partial charge in [0.1, 0.15) is 5.82 Å². The maximum atomic E-state index is 13.6. The number of hydrogen-bond acceptors (Lipinski definition) is 2. The van der Waals surface area contributed by atoms with Gasteiger partial charge in [-0.05, 0) is 48.9 Å². The molecular weight excluding hydrogens is 359 g/mol. The molecule has 0 aliphatic rings. The molecule has 6 heteroatoms. The normalized spacial score (nSPS) is 10.3. The van der Waals surface area contributed by atoms with E-state index in [9.17, 15) is 9.18 Å². The number of carbonyl (C=O) groups excluding carboxylic acids is 1. The van der Waals surface area contributed by atoms with E-state index in [-0.39, 0.29) is 18.1 Å². The third-order valence-electron chi connectivity index (χ3n) is 2.83. The van der Waals surface area contributed by atoms with Crippen molar-refractivity contribution in [3.8, 4) is 0 Å². The van der Waals surface area contributed by atoms with Gasteiger partial charge in [0.15, 0.2) is 0 Å². The highest BCUT2D eigenvalue weighted by molar-refractivity contribution is 9.10. The van der Waals surface area contributed by atoms with Crippen LogP contribution < -0.4 is 10.6 Å². The standard InChI is InChI=1S/C15H13BrClFN2O/c1-9-6-10(16)2-4-13(9)20-15(21)8-19-14-5-3-11(17)7-12(14)18/h2-7,19H,8H2,1H3,(H,20,21). The van der Waals surface area contributed by atoms with Gasteiger partial charge in [-0.1, -0.05) is 27.5 Å². The molecule has 2 rings (SSSR count). The van der Waals surface area contributed by atoms with Crippen LogP contribution in [0, 0.1) is 12.7 Å². The molecule has 0 atom stereocenters. The Hall–Kier alpha value is -1.59. The van der Waals surface area contributed by atoms with E-state index in [1.807, 2.05) is 19.1 Å². The Kier molecular flexibility index (Phi) is 5.20. The van der Waals surface area contributed by atoms with Crippen LogP contribution in [-0.4, -0.2) is 12.5 Å². The summed E-state index contributed by atoms with van der Waals surface area (Å²) in [5.74, 6) is -0.745. The number of halogens is 3. The summed E-state index contributed by atoms with van der Waals surface area (Å²) < 4.78 is 14.5. The summed E-state index contributed by atoms with van der Waals surface area (Å²) >= 11 is 9.03. The van der Waals surface area contributed by atoms with Crippen molar-refractivity contribution >= 4 is 44.8 Å². The van der Waals surface area contributed by atoms with Crippen molar-refractivity contribution in [2.75, 3.05) is 17.2 Å². The first-order valence-electron chi connectivity index (χ1n) is 6.20. The molecule has 110 valence electrons. The van der Waals surface area contributed by atoms with Gasteiger partial charge < -0.3 is 10.6 Å². The molecule has 0 saturated heterocycles. The number of nitrogens with one attached hydrogen (secondary N) is 2. The molecule has 0 aliphatic heterocycles. The summed E-state index contributed by atoms with van der Waals surface area (Å²) in [6.45, 7) is 1.86. The monoisotopic (exact) mass is 370 g/mol. The van der Waals surface area contributed by atoms with Gasteiger partial charge in [0.25, 0.3) is 0 Å². The summed E-state index contributed by atoms with van der Waals surface area (Å²) in [7, 11) is 0. The van der Waals surface area contributed by atoms with Crippen LogP contribution in [0.3, 0.4) is 0 Å². The average molecular weight is 372 g/mol. The minimum atomic E-state index is -0.491. The van der Waals surface area contributed by atoms with Crippen LogP contribution in [0.1, 0.15) is 5.56 Å². The van der Waals surface area contributed by atoms with Crippen LogP contribution >= 0.6 is 27.5 Å². The van der Waals surface area contributed by atoms with Crippen LogP contribution in [0.15, 0.2) is 40.9 Å². The summed E-state index contributed by atoms with van der Waals surface area (Å²) in [5.41, 5.74) is 1.90. The number of aryl methyl sites for hydroxylation is 1. The predicted molar refractivity (Wildman–Crippen MR) is 87.4 cm³/mol. The lowest BCUT2D eigenvalue weighted by molar-refractivity contribution is -0.114. The van der Waals surface area contributed by atoms with Crippen molar-refractivity contribution in [2.45, 2.75) is 6.92 Å². The SMILES string of the molecule is Cc1cc(Br)ccc1NC(=O)CNc1ccc(Cl)cc1F. The van der Waals surface area contributed by atoms with Gasteiger partial charge in [-0.15, -0.1) is 0 Å². The quantitative estimate of drug-likeness (QED) is 0.824. The van der Waals surface area contributed by atoms with E-state index < -0.39 is 5.82 Å². The molecule has 0 fully saturated rings. The molecular formula is C15H13BrClFN2O. The smallest absolute Gasteiger partial charge is 0.243 e. The minimum Gasteiger partial charge on any atom is -0.374 e. The third-order valence-corrected chi connectivity index (χ3v) is 3.56. The highest BCUT2D eigenvalue weighted by Gasteiger charge is 2.07. The molecule has 0 unspecified atom stereocenters. The Bertz CT molecular complexity index is 679. The van der Waals surface area contributed by atoms with Gasteiger partial charge in [-0.2, -0.15) is 0 Å². The van der Waals surface area contributed by atoms with Crippen molar-refractivity contribution in [3.05, 3.63) is 57.3 Å². The number of amides is 1. The fourth-order valence-corrected chi connectivity index (χ4v) is 2.40. The van der Waals surface area contributed by atoms with E-state index in [0.717, 1.165) is 15.7 Å². The van der Waals surface area contributed by atoms with E-state index >= 15 is 0 Å². The largest absolute Gasteiger partial charge is 0.374 e. The lowest BCUT2D eigenvalue weighted by atomic mass is 10.2. The second-order valence-electron chi connectivity index (χ2n) is 4.49. The molecule has 0 spiro atoms. The Balaban J connectivity index is 1.96. The highest BCUT2D eigenvalue weighted by atomic mass is 79.9. The van der Waals surface area contributed by atoms with Gasteiger partial charge in [-0.3, -0.25) is 4.79 Å². The molecule has 0 aromatic heterocycles. The molecule has 21 heavy (non-hydrogen) atoms. The van der Waals surface area contributed by atoms with Crippen LogP contribution in [-0.2, 0) is 4.79 Å². The molecule has 0 heterocycles. The topological polar surface area (TPSA) is 41.1 Å². The van der Waals surface area contributed by atoms with Crippen molar-refractivity contribution in [2.24, 2.45) is 0 Å². The molecule has 0 saturated carbocycles. The van der Waals surface area contributed by atoms with Crippen molar-refractivity contribution < 1.29 is 9.18 Å². The van der Waals surface area contributed by atoms with Crippen LogP contribution in [0.2, 0.25) is 5.02 Å². The van der Waals surface area contributed by atoms with E-state index in [1.165, 1.54) is 12.1 Å². The van der Waals surface area contributed by atoms with Crippen molar-refractivity contribution in [3.63, 3.8) is 0 Å². The average Bonchev–Trinajstić information content (AvgIpc) is 2.41. The maximum absolute atomic E-state index is 13.6. The molecule has 1 amide bonds. The third kappa shape index (κ3) is 4.44. The molecule has 3 nitrogen and oxygen atoms in total. The fraction of sp³-hybridized carbons (Fsp3) is 0.133. The van der Waals surface area contributed by atoms with Gasteiger partial charge in [0, 0.05) is 15.2 Å². The Morgan fingerprint density at radius 1 is 1.24 bits per heavy atom. The maximum Gasteiger partial charge on any atom is 0.243 e. The summed E-state index contributed by atoms with van der Waals surface area (Å²) in [6.07, 6.45) is 0. The number of carbonyl (C=O) groups is 1. The van der Waals surface area contributed by atoms with Crippen LogP contribution in [0.5, 0.6) is 0 Å². The zero-order chi connectivity index (χ0) is 15.4. The number of anilines is 2. The lowest BCUT2D eigenvalue weighted by Gasteiger charge is -2.10. The first-order chi connectivity index (χ1) is 9.95. The highest BCUT2D eigenvalue weighted by Crippen LogP contribution is 2.21. The first kappa shape index (κ1) is 15.8. The molecule has 2 aromatic rings. The number of benzene rings is 2. The minimum absolute atomic E-state index is 0.0337. The van der Waals surface area contributed by atoms with E-state index in [0.29, 0.717) is 5.02 Å². The molecule has 0 bridgehead atoms. The Labute approximate surface area is 135 Å². The van der Waals surface area contributed by atoms with Gasteiger partial charge in [-0.25, -0.2) is 4.39 Å². The second kappa shape index (κ2) is 6.91. The summed E-state index contributed by atoms with van der Waals surface area (Å²) in [4.78, 5) is 11.9. The zero-order valence-corrected chi connectivity index (χ0v) is 13.6. The van der Waals surface area contributed by atoms with Crippen molar-refractivity contribution in [1.82, 2.24) is 0 Å². The Morgan fingerprint density at radius 2 is 1.95 bits per heavy atom. The first-order valence-corrected chi connectivity index (χ1v) is 7.38. The second-order valence-corrected chi connectivity index (χ2v) is 5.84. The Morgan fingerprint density at radius 3 is 2.62 bits per heavy atom. The zero-order valence-electron chi connectivity index (χ0n) is 11.2. The van der Waals surface area contributed by atoms with Gasteiger partial charge in [0.2, 0.25) is 5.91 Å². The fourth-order valence-electron chi connectivity index (χ4n) is 1.77. The molecule has 2 aromatic carbocycles. The number of hydrogen-bond donors (Lipinski definition) is 2. The van der Waals surface area contributed by atoms with Crippen LogP contribution in [0.25, 0.3) is 0 Å².